The van der Waals surface area contributed by atoms with E-state index in [2.05, 4.69) is 92.0 Å². The Morgan fingerprint density at radius 3 is 1.54 bits per heavy atom. The van der Waals surface area contributed by atoms with Crippen LogP contribution < -0.4 is 22.5 Å². The van der Waals surface area contributed by atoms with Gasteiger partial charge in [-0.25, -0.2) is 0 Å². The van der Waals surface area contributed by atoms with Crippen molar-refractivity contribution in [1.29, 1.82) is 0 Å². The predicted molar refractivity (Wildman–Crippen MR) is 213 cm³/mol. The molecule has 2 amide bonds. The molecule has 0 bridgehead atoms. The fourth-order valence-electron chi connectivity index (χ4n) is 7.38. The lowest BCUT2D eigenvalue weighted by Gasteiger charge is -2.48. The van der Waals surface area contributed by atoms with E-state index in [9.17, 15) is 9.59 Å². The molecule has 8 heteroatoms. The van der Waals surface area contributed by atoms with Crippen LogP contribution in [0.2, 0.25) is 0 Å². The third-order valence-electron chi connectivity index (χ3n) is 10.1. The number of benzene rings is 4. The minimum Gasteiger partial charge on any atom is -0.335 e. The van der Waals surface area contributed by atoms with Gasteiger partial charge in [0, 0.05) is 38.3 Å². The highest BCUT2D eigenvalue weighted by molar-refractivity contribution is 5.85. The molecular weight excluding hydrogens is 645 g/mol. The summed E-state index contributed by atoms with van der Waals surface area (Å²) in [5, 5.41) is 3.37. The maximum Gasteiger partial charge on any atom is 0.240 e. The van der Waals surface area contributed by atoms with E-state index in [-0.39, 0.29) is 23.9 Å². The van der Waals surface area contributed by atoms with Crippen molar-refractivity contribution in [3.63, 3.8) is 0 Å². The van der Waals surface area contributed by atoms with Crippen LogP contribution in [0.25, 0.3) is 22.3 Å². The monoisotopic (exact) mass is 702 g/mol. The summed E-state index contributed by atoms with van der Waals surface area (Å²) >= 11 is 0. The van der Waals surface area contributed by atoms with Gasteiger partial charge in [0.25, 0.3) is 0 Å². The zero-order chi connectivity index (χ0) is 36.9. The molecule has 1 heterocycles. The largest absolute Gasteiger partial charge is 0.335 e. The minimum absolute atomic E-state index is 0.0534. The smallest absolute Gasteiger partial charge is 0.240 e. The van der Waals surface area contributed by atoms with Gasteiger partial charge < -0.3 is 32.3 Å². The molecule has 1 saturated heterocycles. The second-order valence-corrected chi connectivity index (χ2v) is 14.7. The number of hydrogen-bond acceptors (Lipinski definition) is 6. The number of nitrogens with one attached hydrogen (secondary N) is 1. The number of nitrogens with two attached hydrogens (primary N) is 3. The summed E-state index contributed by atoms with van der Waals surface area (Å²) in [4.78, 5) is 32.4. The molecule has 7 N–H and O–H groups in total. The van der Waals surface area contributed by atoms with Gasteiger partial charge in [-0.15, -0.1) is 0 Å². The SMILES string of the molecule is CC(C)C[C@@H]1CN(C(=O)C(N)Cc2ccc(-c3ccccc3)cc2)[C@@H](CCCCNCCN)CN1C(=O)C(N)Cc1ccc(-c2ccccc2)cc1. The number of amides is 2. The lowest BCUT2D eigenvalue weighted by atomic mass is 9.92. The van der Waals surface area contributed by atoms with Crippen molar-refractivity contribution in [2.45, 2.75) is 76.5 Å². The summed E-state index contributed by atoms with van der Waals surface area (Å²) < 4.78 is 0. The van der Waals surface area contributed by atoms with Crippen molar-refractivity contribution in [1.82, 2.24) is 15.1 Å². The van der Waals surface area contributed by atoms with Crippen LogP contribution in [0.15, 0.2) is 109 Å². The quantitative estimate of drug-likeness (QED) is 0.106. The van der Waals surface area contributed by atoms with Gasteiger partial charge >= 0.3 is 0 Å². The van der Waals surface area contributed by atoms with Crippen LogP contribution in [0.4, 0.5) is 0 Å². The molecule has 0 saturated carbocycles. The van der Waals surface area contributed by atoms with Crippen molar-refractivity contribution in [2.24, 2.45) is 23.1 Å². The highest BCUT2D eigenvalue weighted by atomic mass is 16.2. The molecule has 276 valence electrons. The number of hydrogen-bond donors (Lipinski definition) is 4. The van der Waals surface area contributed by atoms with E-state index in [1.807, 2.05) is 46.2 Å². The third kappa shape index (κ3) is 10.8. The molecule has 0 aliphatic carbocycles. The van der Waals surface area contributed by atoms with Gasteiger partial charge in [0.1, 0.15) is 0 Å². The predicted octanol–water partition coefficient (Wildman–Crippen LogP) is 5.63. The zero-order valence-electron chi connectivity index (χ0n) is 31.0. The van der Waals surface area contributed by atoms with Crippen molar-refractivity contribution in [3.05, 3.63) is 120 Å². The zero-order valence-corrected chi connectivity index (χ0v) is 31.0. The fourth-order valence-corrected chi connectivity index (χ4v) is 7.38. The Labute approximate surface area is 310 Å². The first-order valence-corrected chi connectivity index (χ1v) is 19.0. The average molecular weight is 703 g/mol. The maximum atomic E-state index is 14.2. The second-order valence-electron chi connectivity index (χ2n) is 14.7. The minimum atomic E-state index is -0.681. The molecule has 52 heavy (non-hydrogen) atoms. The third-order valence-corrected chi connectivity index (χ3v) is 10.1. The number of piperazine rings is 1. The summed E-state index contributed by atoms with van der Waals surface area (Å²) in [6.45, 7) is 7.48. The van der Waals surface area contributed by atoms with Crippen LogP contribution in [0.1, 0.15) is 50.7 Å². The van der Waals surface area contributed by atoms with E-state index in [1.54, 1.807) is 0 Å². The lowest BCUT2D eigenvalue weighted by Crippen LogP contribution is -2.65. The molecule has 1 aliphatic heterocycles. The van der Waals surface area contributed by atoms with Crippen LogP contribution in [-0.2, 0) is 22.4 Å². The van der Waals surface area contributed by atoms with Crippen LogP contribution in [0.3, 0.4) is 0 Å². The van der Waals surface area contributed by atoms with Crippen molar-refractivity contribution >= 4 is 11.8 Å². The topological polar surface area (TPSA) is 131 Å². The van der Waals surface area contributed by atoms with E-state index < -0.39 is 12.1 Å². The number of unbranched alkanes of at least 4 members (excludes halogenated alkanes) is 1. The summed E-state index contributed by atoms with van der Waals surface area (Å²) in [5.74, 6) is 0.227. The van der Waals surface area contributed by atoms with Crippen LogP contribution >= 0.6 is 0 Å². The van der Waals surface area contributed by atoms with Gasteiger partial charge in [-0.1, -0.05) is 129 Å². The van der Waals surface area contributed by atoms with Gasteiger partial charge in [0.15, 0.2) is 0 Å². The first-order valence-electron chi connectivity index (χ1n) is 19.0. The molecule has 1 aliphatic rings. The van der Waals surface area contributed by atoms with Gasteiger partial charge in [0.2, 0.25) is 11.8 Å². The summed E-state index contributed by atoms with van der Waals surface area (Å²) in [6, 6.07) is 35.5. The van der Waals surface area contributed by atoms with E-state index in [1.165, 1.54) is 0 Å². The second kappa shape index (κ2) is 19.5. The Kier molecular flexibility index (Phi) is 14.6. The Bertz CT molecular complexity index is 1660. The number of nitrogens with zero attached hydrogens (tertiary/aromatic N) is 2. The molecule has 0 aromatic heterocycles. The Hall–Kier alpha value is -4.34. The van der Waals surface area contributed by atoms with Crippen molar-refractivity contribution < 1.29 is 9.59 Å². The Morgan fingerprint density at radius 2 is 1.08 bits per heavy atom. The molecule has 1 fully saturated rings. The van der Waals surface area contributed by atoms with Gasteiger partial charge in [0.05, 0.1) is 12.1 Å². The first kappa shape index (κ1) is 38.9. The number of rotatable bonds is 17. The lowest BCUT2D eigenvalue weighted by molar-refractivity contribution is -0.149. The molecular formula is C44H58N6O2. The maximum absolute atomic E-state index is 14.2. The van der Waals surface area contributed by atoms with E-state index in [0.717, 1.165) is 72.2 Å². The van der Waals surface area contributed by atoms with Crippen LogP contribution in [0, 0.1) is 5.92 Å². The summed E-state index contributed by atoms with van der Waals surface area (Å²) in [5.41, 5.74) is 25.7. The molecule has 4 aromatic carbocycles. The summed E-state index contributed by atoms with van der Waals surface area (Å²) in [7, 11) is 0. The van der Waals surface area contributed by atoms with E-state index in [0.29, 0.717) is 38.4 Å². The molecule has 8 nitrogen and oxygen atoms in total. The Balaban J connectivity index is 1.29. The number of carbonyl (C=O) groups excluding carboxylic acids is 2. The molecule has 4 aromatic rings. The fraction of sp³-hybridized carbons (Fsp3) is 0.409. The van der Waals surface area contributed by atoms with Gasteiger partial charge in [-0.05, 0) is 77.9 Å². The van der Waals surface area contributed by atoms with Crippen molar-refractivity contribution in [2.75, 3.05) is 32.7 Å². The molecule has 5 rings (SSSR count). The molecule has 4 atom stereocenters. The van der Waals surface area contributed by atoms with Crippen LogP contribution in [-0.4, -0.2) is 78.5 Å². The molecule has 2 unspecified atom stereocenters. The van der Waals surface area contributed by atoms with Crippen LogP contribution in [0.5, 0.6) is 0 Å². The van der Waals surface area contributed by atoms with E-state index >= 15 is 0 Å². The molecule has 0 radical (unpaired) electrons. The van der Waals surface area contributed by atoms with Gasteiger partial charge in [-0.2, -0.15) is 0 Å². The normalized spacial score (nSPS) is 17.3. The highest BCUT2D eigenvalue weighted by Gasteiger charge is 2.40. The molecule has 0 spiro atoms. The number of carbonyl (C=O) groups is 2. The van der Waals surface area contributed by atoms with Crippen molar-refractivity contribution in [3.8, 4) is 22.3 Å². The van der Waals surface area contributed by atoms with E-state index in [4.69, 9.17) is 17.2 Å². The Morgan fingerprint density at radius 1 is 0.635 bits per heavy atom. The summed E-state index contributed by atoms with van der Waals surface area (Å²) in [6.07, 6.45) is 4.33. The highest BCUT2D eigenvalue weighted by Crippen LogP contribution is 2.27. The average Bonchev–Trinajstić information content (AvgIpc) is 3.17. The first-order chi connectivity index (χ1) is 25.2. The van der Waals surface area contributed by atoms with Gasteiger partial charge in [-0.3, -0.25) is 9.59 Å². The standard InChI is InChI=1S/C44H58N6O2/c1-32(2)27-40-31-49(43(51)41(46)28-33-16-20-37(21-17-33)35-11-5-3-6-12-35)39(15-9-10-25-48-26-24-45)30-50(40)44(52)42(47)29-34-18-22-38(23-19-34)36-13-7-4-8-14-36/h3-8,11-14,16-23,32,39-42,48H,9-10,15,24-31,45-47H2,1-2H3/t39-,40+,41?,42?/m0/s1.